The van der Waals surface area contributed by atoms with E-state index >= 15 is 0 Å². The van der Waals surface area contributed by atoms with Gasteiger partial charge in [-0.15, -0.1) is 0 Å². The number of benzene rings is 1. The number of ether oxygens (including phenoxy) is 1. The van der Waals surface area contributed by atoms with Gasteiger partial charge in [0.05, 0.1) is 15.7 Å². The number of carbonyl (C=O) groups is 2. The molecule has 1 aliphatic carbocycles. The first-order valence-electron chi connectivity index (χ1n) is 9.49. The average molecular weight is 454 g/mol. The predicted molar refractivity (Wildman–Crippen MR) is 109 cm³/mol. The lowest BCUT2D eigenvalue weighted by atomic mass is 9.82. The van der Waals surface area contributed by atoms with Crippen LogP contribution < -0.4 is 0 Å². The van der Waals surface area contributed by atoms with Crippen LogP contribution in [-0.4, -0.2) is 33.4 Å². The van der Waals surface area contributed by atoms with Crippen molar-refractivity contribution in [2.45, 2.75) is 70.7 Å². The van der Waals surface area contributed by atoms with E-state index in [1.165, 1.54) is 12.1 Å². The van der Waals surface area contributed by atoms with Crippen molar-refractivity contribution < 1.29 is 23.8 Å². The van der Waals surface area contributed by atoms with E-state index in [9.17, 15) is 19.1 Å². The molecule has 0 radical (unpaired) electrons. The first-order valence-corrected chi connectivity index (χ1v) is 10.3. The molecule has 0 amide bonds. The van der Waals surface area contributed by atoms with E-state index in [0.717, 1.165) is 30.2 Å². The fraction of sp³-hybridized carbons (Fsp3) is 0.524. The van der Waals surface area contributed by atoms with Gasteiger partial charge in [-0.05, 0) is 67.2 Å². The molecule has 5 nitrogen and oxygen atoms in total. The van der Waals surface area contributed by atoms with Crippen LogP contribution in [0.5, 0.6) is 0 Å². The molecule has 1 fully saturated rings. The number of alkyl halides is 1. The quantitative estimate of drug-likeness (QED) is 0.625. The molecule has 152 valence electrons. The smallest absolute Gasteiger partial charge is 0.335 e. The molecule has 1 aromatic heterocycles. The second kappa shape index (κ2) is 7.85. The van der Waals surface area contributed by atoms with Crippen LogP contribution in [0.3, 0.4) is 0 Å². The molecule has 28 heavy (non-hydrogen) atoms. The largest absolute Gasteiger partial charge is 0.478 e. The minimum atomic E-state index is -1.05. The van der Waals surface area contributed by atoms with Crippen molar-refractivity contribution >= 4 is 38.8 Å². The Balaban J connectivity index is 2.12. The van der Waals surface area contributed by atoms with Gasteiger partial charge in [0.1, 0.15) is 18.3 Å². The van der Waals surface area contributed by atoms with E-state index in [2.05, 4.69) is 15.9 Å². The SMILES string of the molecule is CC(C)(C)OC(=O)Cn1c(Br)c([C@H]2CCCC[C@@H]2F)c2ccc(C(=O)O)cc21. The van der Waals surface area contributed by atoms with Gasteiger partial charge in [0.25, 0.3) is 0 Å². The zero-order valence-corrected chi connectivity index (χ0v) is 17.9. The van der Waals surface area contributed by atoms with Crippen LogP contribution in [0.25, 0.3) is 10.9 Å². The molecule has 7 heteroatoms. The van der Waals surface area contributed by atoms with Gasteiger partial charge in [0.15, 0.2) is 0 Å². The van der Waals surface area contributed by atoms with E-state index in [0.29, 0.717) is 16.5 Å². The Morgan fingerprint density at radius 3 is 2.57 bits per heavy atom. The van der Waals surface area contributed by atoms with Gasteiger partial charge >= 0.3 is 11.9 Å². The topological polar surface area (TPSA) is 68.5 Å². The Morgan fingerprint density at radius 1 is 1.29 bits per heavy atom. The number of aromatic nitrogens is 1. The van der Waals surface area contributed by atoms with Crippen LogP contribution >= 0.6 is 15.9 Å². The van der Waals surface area contributed by atoms with Crippen molar-refractivity contribution in [2.75, 3.05) is 0 Å². The molecule has 0 bridgehead atoms. The summed E-state index contributed by atoms with van der Waals surface area (Å²) in [5.41, 5.74) is 0.887. The summed E-state index contributed by atoms with van der Waals surface area (Å²) in [5.74, 6) is -1.76. The van der Waals surface area contributed by atoms with Gasteiger partial charge in [-0.1, -0.05) is 18.9 Å². The Labute approximate surface area is 172 Å². The van der Waals surface area contributed by atoms with Gasteiger partial charge in [-0.2, -0.15) is 0 Å². The number of halogens is 2. The summed E-state index contributed by atoms with van der Waals surface area (Å²) in [6.07, 6.45) is 2.11. The summed E-state index contributed by atoms with van der Waals surface area (Å²) in [6.45, 7) is 5.29. The Hall–Kier alpha value is -1.89. The van der Waals surface area contributed by atoms with Crippen molar-refractivity contribution in [1.82, 2.24) is 4.57 Å². The molecule has 1 N–H and O–H groups in total. The van der Waals surface area contributed by atoms with Crippen LogP contribution in [-0.2, 0) is 16.1 Å². The third-order valence-electron chi connectivity index (χ3n) is 5.04. The molecule has 2 atom stereocenters. The monoisotopic (exact) mass is 453 g/mol. The zero-order chi connectivity index (χ0) is 20.6. The van der Waals surface area contributed by atoms with E-state index < -0.39 is 23.7 Å². The van der Waals surface area contributed by atoms with Crippen LogP contribution in [0.15, 0.2) is 22.8 Å². The molecule has 0 spiro atoms. The van der Waals surface area contributed by atoms with Crippen molar-refractivity contribution in [1.29, 1.82) is 0 Å². The zero-order valence-electron chi connectivity index (χ0n) is 16.3. The Morgan fingerprint density at radius 2 is 1.96 bits per heavy atom. The maximum absolute atomic E-state index is 14.7. The van der Waals surface area contributed by atoms with Gasteiger partial charge < -0.3 is 14.4 Å². The van der Waals surface area contributed by atoms with Crippen LogP contribution in [0, 0.1) is 0 Å². The number of nitrogens with zero attached hydrogens (tertiary/aromatic N) is 1. The lowest BCUT2D eigenvalue weighted by Crippen LogP contribution is -2.26. The van der Waals surface area contributed by atoms with E-state index in [4.69, 9.17) is 4.74 Å². The van der Waals surface area contributed by atoms with E-state index in [-0.39, 0.29) is 18.0 Å². The van der Waals surface area contributed by atoms with Gasteiger partial charge in [0.2, 0.25) is 0 Å². The summed E-state index contributed by atoms with van der Waals surface area (Å²) in [6, 6.07) is 4.77. The minimum absolute atomic E-state index is 0.0822. The highest BCUT2D eigenvalue weighted by Crippen LogP contribution is 2.43. The van der Waals surface area contributed by atoms with Gasteiger partial charge in [-0.3, -0.25) is 4.79 Å². The molecule has 1 aliphatic rings. The first kappa shape index (κ1) is 20.8. The second-order valence-electron chi connectivity index (χ2n) is 8.32. The second-order valence-corrected chi connectivity index (χ2v) is 9.07. The fourth-order valence-corrected chi connectivity index (χ4v) is 4.72. The molecule has 0 aliphatic heterocycles. The third kappa shape index (κ3) is 4.24. The van der Waals surface area contributed by atoms with Crippen molar-refractivity contribution in [3.63, 3.8) is 0 Å². The van der Waals surface area contributed by atoms with Gasteiger partial charge in [0, 0.05) is 11.3 Å². The number of carboxylic acid groups (broad SMARTS) is 1. The number of hydrogen-bond acceptors (Lipinski definition) is 3. The molecular weight excluding hydrogens is 429 g/mol. The number of rotatable bonds is 4. The normalized spacial score (nSPS) is 20.3. The molecule has 2 aromatic rings. The number of esters is 1. The summed E-state index contributed by atoms with van der Waals surface area (Å²) in [5, 5.41) is 10.1. The maximum Gasteiger partial charge on any atom is 0.335 e. The lowest BCUT2D eigenvalue weighted by Gasteiger charge is -2.26. The number of aromatic carboxylic acids is 1. The third-order valence-corrected chi connectivity index (χ3v) is 5.90. The predicted octanol–water partition coefficient (Wildman–Crippen LogP) is 5.44. The van der Waals surface area contributed by atoms with Crippen molar-refractivity contribution in [3.8, 4) is 0 Å². The Kier molecular flexibility index (Phi) is 5.84. The summed E-state index contributed by atoms with van der Waals surface area (Å²) in [7, 11) is 0. The Bertz CT molecular complexity index is 915. The molecule has 1 saturated carbocycles. The number of fused-ring (bicyclic) bond motifs is 1. The number of hydrogen-bond donors (Lipinski definition) is 1. The molecule has 1 aromatic carbocycles. The maximum atomic E-state index is 14.7. The van der Waals surface area contributed by atoms with Crippen LogP contribution in [0.2, 0.25) is 0 Å². The fourth-order valence-electron chi connectivity index (χ4n) is 3.90. The van der Waals surface area contributed by atoms with Crippen molar-refractivity contribution in [2.24, 2.45) is 0 Å². The molecule has 0 unspecified atom stereocenters. The van der Waals surface area contributed by atoms with Gasteiger partial charge in [-0.25, -0.2) is 9.18 Å². The average Bonchev–Trinajstić information content (AvgIpc) is 2.85. The summed E-state index contributed by atoms with van der Waals surface area (Å²) in [4.78, 5) is 23.9. The van der Waals surface area contributed by atoms with E-state index in [1.54, 1.807) is 31.4 Å². The highest BCUT2D eigenvalue weighted by atomic mass is 79.9. The summed E-state index contributed by atoms with van der Waals surface area (Å²) >= 11 is 3.57. The minimum Gasteiger partial charge on any atom is -0.478 e. The standard InChI is InChI=1S/C21H25BrFNO4/c1-21(2,3)28-17(25)11-24-16-10-12(20(26)27)8-9-14(16)18(19(24)22)13-6-4-5-7-15(13)23/h8-10,13,15H,4-7,11H2,1-3H3,(H,26,27)/t13-,15-/m0/s1. The van der Waals surface area contributed by atoms with E-state index in [1.807, 2.05) is 0 Å². The molecular formula is C21H25BrFNO4. The summed E-state index contributed by atoms with van der Waals surface area (Å²) < 4.78 is 22.5. The first-order chi connectivity index (χ1) is 13.1. The molecule has 0 saturated heterocycles. The number of carbonyl (C=O) groups excluding carboxylic acids is 1. The van der Waals surface area contributed by atoms with Crippen LogP contribution in [0.4, 0.5) is 4.39 Å². The number of carboxylic acids is 1. The highest BCUT2D eigenvalue weighted by molar-refractivity contribution is 9.10. The highest BCUT2D eigenvalue weighted by Gasteiger charge is 2.32. The van der Waals surface area contributed by atoms with Crippen molar-refractivity contribution in [3.05, 3.63) is 33.9 Å². The lowest BCUT2D eigenvalue weighted by molar-refractivity contribution is -0.155. The van der Waals surface area contributed by atoms with Crippen LogP contribution in [0.1, 0.15) is 68.3 Å². The molecule has 3 rings (SSSR count). The molecule has 1 heterocycles.